The van der Waals surface area contributed by atoms with Crippen molar-refractivity contribution in [2.45, 2.75) is 19.4 Å². The average molecular weight is 293 g/mol. The number of nitrogens with two attached hydrogens (primary N) is 1. The van der Waals surface area contributed by atoms with Gasteiger partial charge in [0.05, 0.1) is 0 Å². The first-order valence-corrected chi connectivity index (χ1v) is 5.38. The zero-order valence-corrected chi connectivity index (χ0v) is 10.0. The molecule has 66 valence electrons. The SMILES string of the molecule is CC(N)Cc1cccc(Br)c1Br. The maximum absolute atomic E-state index is 5.71. The minimum atomic E-state index is 0.204. The third-order valence-corrected chi connectivity index (χ3v) is 3.70. The summed E-state index contributed by atoms with van der Waals surface area (Å²) in [6, 6.07) is 6.31. The summed E-state index contributed by atoms with van der Waals surface area (Å²) >= 11 is 6.95. The first-order valence-electron chi connectivity index (χ1n) is 3.79. The van der Waals surface area contributed by atoms with E-state index in [1.54, 1.807) is 0 Å². The molecule has 0 saturated heterocycles. The van der Waals surface area contributed by atoms with Gasteiger partial charge in [-0.2, -0.15) is 0 Å². The third-order valence-electron chi connectivity index (χ3n) is 1.57. The highest BCUT2D eigenvalue weighted by Crippen LogP contribution is 2.27. The lowest BCUT2D eigenvalue weighted by Crippen LogP contribution is -2.17. The Kier molecular flexibility index (Phi) is 3.75. The van der Waals surface area contributed by atoms with Crippen LogP contribution in [0.4, 0.5) is 0 Å². The first kappa shape index (κ1) is 10.2. The van der Waals surface area contributed by atoms with E-state index in [1.165, 1.54) is 5.56 Å². The monoisotopic (exact) mass is 291 g/mol. The largest absolute Gasteiger partial charge is 0.328 e. The highest BCUT2D eigenvalue weighted by Gasteiger charge is 2.04. The van der Waals surface area contributed by atoms with Crippen molar-refractivity contribution in [3.8, 4) is 0 Å². The van der Waals surface area contributed by atoms with Crippen LogP contribution >= 0.6 is 31.9 Å². The maximum atomic E-state index is 5.71. The number of rotatable bonds is 2. The van der Waals surface area contributed by atoms with Crippen molar-refractivity contribution in [3.05, 3.63) is 32.7 Å². The molecule has 1 rings (SSSR count). The molecule has 1 nitrogen and oxygen atoms in total. The fourth-order valence-corrected chi connectivity index (χ4v) is 1.89. The Morgan fingerprint density at radius 3 is 2.67 bits per heavy atom. The average Bonchev–Trinajstić information content (AvgIpc) is 1.98. The van der Waals surface area contributed by atoms with Crippen LogP contribution in [0, 0.1) is 0 Å². The van der Waals surface area contributed by atoms with Crippen LogP contribution in [-0.2, 0) is 6.42 Å². The summed E-state index contributed by atoms with van der Waals surface area (Å²) in [6.45, 7) is 2.01. The van der Waals surface area contributed by atoms with Gasteiger partial charge in [0.15, 0.2) is 0 Å². The summed E-state index contributed by atoms with van der Waals surface area (Å²) in [5, 5.41) is 0. The summed E-state index contributed by atoms with van der Waals surface area (Å²) in [7, 11) is 0. The number of hydrogen-bond acceptors (Lipinski definition) is 1. The third kappa shape index (κ3) is 2.57. The van der Waals surface area contributed by atoms with E-state index in [2.05, 4.69) is 37.9 Å². The zero-order valence-electron chi connectivity index (χ0n) is 6.85. The van der Waals surface area contributed by atoms with E-state index >= 15 is 0 Å². The molecule has 0 saturated carbocycles. The highest BCUT2D eigenvalue weighted by atomic mass is 79.9. The molecule has 0 heterocycles. The zero-order chi connectivity index (χ0) is 9.14. The molecule has 0 aliphatic rings. The molecular weight excluding hydrogens is 282 g/mol. The van der Waals surface area contributed by atoms with Crippen molar-refractivity contribution in [1.82, 2.24) is 0 Å². The molecule has 0 fully saturated rings. The Hall–Kier alpha value is 0.140. The summed E-state index contributed by atoms with van der Waals surface area (Å²) in [4.78, 5) is 0. The minimum absolute atomic E-state index is 0.204. The molecule has 0 radical (unpaired) electrons. The first-order chi connectivity index (χ1) is 5.61. The van der Waals surface area contributed by atoms with E-state index in [0.29, 0.717) is 0 Å². The van der Waals surface area contributed by atoms with Crippen LogP contribution in [0.1, 0.15) is 12.5 Å². The van der Waals surface area contributed by atoms with Crippen LogP contribution < -0.4 is 5.73 Å². The van der Waals surface area contributed by atoms with E-state index in [0.717, 1.165) is 15.4 Å². The van der Waals surface area contributed by atoms with Crippen LogP contribution in [0.5, 0.6) is 0 Å². The second-order valence-corrected chi connectivity index (χ2v) is 4.54. The molecule has 1 aromatic rings. The Morgan fingerprint density at radius 2 is 2.08 bits per heavy atom. The standard InChI is InChI=1S/C9H11Br2N/c1-6(12)5-7-3-2-4-8(10)9(7)11/h2-4,6H,5,12H2,1H3. The fourth-order valence-electron chi connectivity index (χ4n) is 1.05. The van der Waals surface area contributed by atoms with Gasteiger partial charge in [-0.25, -0.2) is 0 Å². The van der Waals surface area contributed by atoms with Crippen LogP contribution in [0.15, 0.2) is 27.1 Å². The molecule has 1 atom stereocenters. The number of halogens is 2. The van der Waals surface area contributed by atoms with Crippen molar-refractivity contribution in [2.24, 2.45) is 5.73 Å². The second-order valence-electron chi connectivity index (χ2n) is 2.89. The fraction of sp³-hybridized carbons (Fsp3) is 0.333. The van der Waals surface area contributed by atoms with Crippen LogP contribution in [0.2, 0.25) is 0 Å². The predicted octanol–water partition coefficient (Wildman–Crippen LogP) is 3.10. The predicted molar refractivity (Wildman–Crippen MR) is 59.2 cm³/mol. The van der Waals surface area contributed by atoms with Crippen LogP contribution in [0.25, 0.3) is 0 Å². The van der Waals surface area contributed by atoms with Gasteiger partial charge >= 0.3 is 0 Å². The number of hydrogen-bond donors (Lipinski definition) is 1. The van der Waals surface area contributed by atoms with Crippen LogP contribution in [0.3, 0.4) is 0 Å². The molecule has 0 bridgehead atoms. The van der Waals surface area contributed by atoms with E-state index < -0.39 is 0 Å². The lowest BCUT2D eigenvalue weighted by molar-refractivity contribution is 0.735. The molecule has 0 amide bonds. The van der Waals surface area contributed by atoms with E-state index in [1.807, 2.05) is 19.1 Å². The smallest absolute Gasteiger partial charge is 0.0350 e. The van der Waals surface area contributed by atoms with Gasteiger partial charge in [0, 0.05) is 15.0 Å². The summed E-state index contributed by atoms with van der Waals surface area (Å²) in [5.41, 5.74) is 6.96. The van der Waals surface area contributed by atoms with Crippen LogP contribution in [-0.4, -0.2) is 6.04 Å². The van der Waals surface area contributed by atoms with Gasteiger partial charge in [-0.1, -0.05) is 12.1 Å². The lowest BCUT2D eigenvalue weighted by Gasteiger charge is -2.08. The maximum Gasteiger partial charge on any atom is 0.0350 e. The van der Waals surface area contributed by atoms with E-state index in [4.69, 9.17) is 5.73 Å². The normalized spacial score (nSPS) is 13.0. The molecule has 0 aliphatic heterocycles. The van der Waals surface area contributed by atoms with Crippen molar-refractivity contribution in [1.29, 1.82) is 0 Å². The van der Waals surface area contributed by atoms with Gasteiger partial charge in [-0.3, -0.25) is 0 Å². The summed E-state index contributed by atoms with van der Waals surface area (Å²) in [6.07, 6.45) is 0.903. The van der Waals surface area contributed by atoms with Crippen molar-refractivity contribution in [2.75, 3.05) is 0 Å². The number of benzene rings is 1. The highest BCUT2D eigenvalue weighted by molar-refractivity contribution is 9.13. The molecule has 0 spiro atoms. The van der Waals surface area contributed by atoms with Crippen molar-refractivity contribution >= 4 is 31.9 Å². The van der Waals surface area contributed by atoms with Gasteiger partial charge in [-0.05, 0) is 56.8 Å². The molecule has 1 aromatic carbocycles. The molecule has 3 heteroatoms. The molecular formula is C9H11Br2N. The topological polar surface area (TPSA) is 26.0 Å². The Labute approximate surface area is 89.6 Å². The van der Waals surface area contributed by atoms with E-state index in [9.17, 15) is 0 Å². The Balaban J connectivity index is 2.92. The molecule has 0 aromatic heterocycles. The van der Waals surface area contributed by atoms with E-state index in [-0.39, 0.29) is 6.04 Å². The second kappa shape index (κ2) is 4.40. The van der Waals surface area contributed by atoms with Gasteiger partial charge in [-0.15, -0.1) is 0 Å². The van der Waals surface area contributed by atoms with Crippen molar-refractivity contribution < 1.29 is 0 Å². The molecule has 0 aliphatic carbocycles. The van der Waals surface area contributed by atoms with Gasteiger partial charge in [0.25, 0.3) is 0 Å². The molecule has 1 unspecified atom stereocenters. The van der Waals surface area contributed by atoms with Gasteiger partial charge in [0.2, 0.25) is 0 Å². The Bertz CT molecular complexity index is 271. The van der Waals surface area contributed by atoms with Crippen molar-refractivity contribution in [3.63, 3.8) is 0 Å². The summed E-state index contributed by atoms with van der Waals surface area (Å²) in [5.74, 6) is 0. The Morgan fingerprint density at radius 1 is 1.42 bits per heavy atom. The molecule has 2 N–H and O–H groups in total. The van der Waals surface area contributed by atoms with Gasteiger partial charge in [0.1, 0.15) is 0 Å². The quantitative estimate of drug-likeness (QED) is 0.891. The molecule has 12 heavy (non-hydrogen) atoms. The van der Waals surface area contributed by atoms with Gasteiger partial charge < -0.3 is 5.73 Å². The summed E-state index contributed by atoms with van der Waals surface area (Å²) < 4.78 is 2.20. The minimum Gasteiger partial charge on any atom is -0.328 e. The lowest BCUT2D eigenvalue weighted by atomic mass is 10.1.